The largest absolute Gasteiger partial charge is 0.179 e. The molecule has 0 aromatic heterocycles. The summed E-state index contributed by atoms with van der Waals surface area (Å²) >= 11 is 10.9. The average Bonchev–Trinajstić information content (AvgIpc) is 1.79. The summed E-state index contributed by atoms with van der Waals surface area (Å²) in [5.41, 5.74) is 0. The van der Waals surface area contributed by atoms with Crippen LogP contribution in [0.1, 0.15) is 6.42 Å². The van der Waals surface area contributed by atoms with Crippen LogP contribution in [0.5, 0.6) is 0 Å². The summed E-state index contributed by atoms with van der Waals surface area (Å²) in [5, 5.41) is 0. The van der Waals surface area contributed by atoms with Crippen LogP contribution in [0.4, 0.5) is 0 Å². The van der Waals surface area contributed by atoms with Crippen LogP contribution in [0.2, 0.25) is 0 Å². The van der Waals surface area contributed by atoms with Crippen LogP contribution in [-0.2, 0) is 0 Å². The molecule has 0 spiro atoms. The highest BCUT2D eigenvalue weighted by atomic mass is 32.2. The van der Waals surface area contributed by atoms with Gasteiger partial charge in [-0.1, -0.05) is 12.2 Å². The minimum atomic E-state index is 0.715. The van der Waals surface area contributed by atoms with E-state index in [0.29, 0.717) is 5.92 Å². The summed E-state index contributed by atoms with van der Waals surface area (Å²) in [6.45, 7) is 0. The van der Waals surface area contributed by atoms with E-state index in [4.69, 9.17) is 12.2 Å². The Morgan fingerprint density at radius 1 is 1.88 bits per heavy atom. The van der Waals surface area contributed by atoms with Crippen molar-refractivity contribution in [2.24, 2.45) is 5.92 Å². The van der Waals surface area contributed by atoms with Gasteiger partial charge in [0.2, 0.25) is 0 Å². The smallest absolute Gasteiger partial charge is 0.0518 e. The van der Waals surface area contributed by atoms with E-state index in [1.165, 1.54) is 16.4 Å². The van der Waals surface area contributed by atoms with E-state index in [-0.39, 0.29) is 0 Å². The molecule has 1 atom stereocenters. The maximum Gasteiger partial charge on any atom is 0.0518 e. The van der Waals surface area contributed by atoms with Crippen molar-refractivity contribution in [3.05, 3.63) is 0 Å². The van der Waals surface area contributed by atoms with E-state index in [1.807, 2.05) is 0 Å². The number of thiol groups is 1. The SMILES string of the molecule is S=C1SCC1CCS. The molecule has 1 unspecified atom stereocenters. The van der Waals surface area contributed by atoms with Gasteiger partial charge in [0, 0.05) is 11.7 Å². The lowest BCUT2D eigenvalue weighted by Gasteiger charge is -2.24. The van der Waals surface area contributed by atoms with E-state index >= 15 is 0 Å². The number of hydrogen-bond acceptors (Lipinski definition) is 3. The number of rotatable bonds is 2. The summed E-state index contributed by atoms with van der Waals surface area (Å²) in [4.78, 5) is 0. The number of thioether (sulfide) groups is 1. The maximum atomic E-state index is 5.00. The molecule has 1 aliphatic heterocycles. The van der Waals surface area contributed by atoms with Crippen molar-refractivity contribution in [2.45, 2.75) is 6.42 Å². The fourth-order valence-corrected chi connectivity index (χ4v) is 2.29. The lowest BCUT2D eigenvalue weighted by atomic mass is 10.1. The van der Waals surface area contributed by atoms with Gasteiger partial charge in [-0.3, -0.25) is 0 Å². The first-order valence-electron chi connectivity index (χ1n) is 2.62. The van der Waals surface area contributed by atoms with Gasteiger partial charge in [0.1, 0.15) is 0 Å². The Kier molecular flexibility index (Phi) is 2.66. The third-order valence-corrected chi connectivity index (χ3v) is 3.37. The quantitative estimate of drug-likeness (QED) is 0.490. The van der Waals surface area contributed by atoms with Gasteiger partial charge in [-0.2, -0.15) is 12.6 Å². The highest BCUT2D eigenvalue weighted by molar-refractivity contribution is 8.25. The van der Waals surface area contributed by atoms with Crippen LogP contribution in [0.25, 0.3) is 0 Å². The van der Waals surface area contributed by atoms with Crippen molar-refractivity contribution >= 4 is 40.8 Å². The van der Waals surface area contributed by atoms with Gasteiger partial charge in [0.05, 0.1) is 4.20 Å². The van der Waals surface area contributed by atoms with Crippen molar-refractivity contribution in [2.75, 3.05) is 11.5 Å². The van der Waals surface area contributed by atoms with Gasteiger partial charge >= 0.3 is 0 Å². The molecule has 1 rings (SSSR count). The highest BCUT2D eigenvalue weighted by Crippen LogP contribution is 2.31. The molecule has 0 radical (unpaired) electrons. The molecule has 8 heavy (non-hydrogen) atoms. The molecule has 0 bridgehead atoms. The maximum absolute atomic E-state index is 5.00. The Hall–Kier alpha value is 0.790. The van der Waals surface area contributed by atoms with Crippen LogP contribution in [0.3, 0.4) is 0 Å². The van der Waals surface area contributed by atoms with Gasteiger partial charge in [-0.15, -0.1) is 11.8 Å². The molecule has 1 saturated heterocycles. The summed E-state index contributed by atoms with van der Waals surface area (Å²) in [6, 6.07) is 0. The fraction of sp³-hybridized carbons (Fsp3) is 0.800. The first kappa shape index (κ1) is 6.90. The van der Waals surface area contributed by atoms with Gasteiger partial charge in [-0.05, 0) is 12.2 Å². The molecule has 0 amide bonds. The zero-order valence-electron chi connectivity index (χ0n) is 4.46. The molecule has 0 nitrogen and oxygen atoms in total. The van der Waals surface area contributed by atoms with Crippen molar-refractivity contribution in [3.63, 3.8) is 0 Å². The number of hydrogen-bond donors (Lipinski definition) is 1. The lowest BCUT2D eigenvalue weighted by molar-refractivity contribution is 0.765. The second kappa shape index (κ2) is 3.08. The topological polar surface area (TPSA) is 0 Å². The Labute approximate surface area is 64.8 Å². The van der Waals surface area contributed by atoms with Crippen LogP contribution in [0, 0.1) is 5.92 Å². The van der Waals surface area contributed by atoms with Crippen molar-refractivity contribution in [1.82, 2.24) is 0 Å². The number of thiocarbonyl (C=S) groups is 1. The van der Waals surface area contributed by atoms with Gasteiger partial charge < -0.3 is 0 Å². The Morgan fingerprint density at radius 3 is 2.75 bits per heavy atom. The fourth-order valence-electron chi connectivity index (χ4n) is 0.626. The second-order valence-corrected chi connectivity index (χ2v) is 4.05. The van der Waals surface area contributed by atoms with Crippen LogP contribution in [0.15, 0.2) is 0 Å². The summed E-state index contributed by atoms with van der Waals surface area (Å²) in [6.07, 6.45) is 1.18. The van der Waals surface area contributed by atoms with E-state index in [2.05, 4.69) is 12.6 Å². The standard InChI is InChI=1S/C5H8S3/c6-2-1-4-3-8-5(4)7/h4,6H,1-3H2. The predicted octanol–water partition coefficient (Wildman–Crippen LogP) is 2.00. The zero-order chi connectivity index (χ0) is 5.98. The summed E-state index contributed by atoms with van der Waals surface area (Å²) in [5.74, 6) is 2.93. The Balaban J connectivity index is 2.17. The van der Waals surface area contributed by atoms with Crippen molar-refractivity contribution in [1.29, 1.82) is 0 Å². The van der Waals surface area contributed by atoms with Gasteiger partial charge in [0.25, 0.3) is 0 Å². The first-order valence-corrected chi connectivity index (χ1v) is 4.64. The Morgan fingerprint density at radius 2 is 2.62 bits per heavy atom. The van der Waals surface area contributed by atoms with Crippen LogP contribution >= 0.6 is 36.6 Å². The van der Waals surface area contributed by atoms with Gasteiger partial charge in [-0.25, -0.2) is 0 Å². The van der Waals surface area contributed by atoms with E-state index in [9.17, 15) is 0 Å². The molecule has 1 heterocycles. The summed E-state index contributed by atoms with van der Waals surface area (Å²) in [7, 11) is 0. The molecule has 0 saturated carbocycles. The lowest BCUT2D eigenvalue weighted by Crippen LogP contribution is -2.23. The molecule has 0 aromatic rings. The Bertz CT molecular complexity index is 99.8. The first-order chi connectivity index (χ1) is 3.84. The molecular formula is C5H8S3. The minimum absolute atomic E-state index is 0.715. The molecule has 1 aliphatic rings. The van der Waals surface area contributed by atoms with E-state index < -0.39 is 0 Å². The zero-order valence-corrected chi connectivity index (χ0v) is 6.99. The minimum Gasteiger partial charge on any atom is -0.179 e. The molecule has 46 valence electrons. The molecule has 0 aliphatic carbocycles. The molecule has 3 heteroatoms. The summed E-state index contributed by atoms with van der Waals surface area (Å²) < 4.78 is 1.19. The van der Waals surface area contributed by atoms with Crippen molar-refractivity contribution < 1.29 is 0 Å². The molecule has 0 N–H and O–H groups in total. The van der Waals surface area contributed by atoms with E-state index in [0.717, 1.165) is 5.75 Å². The average molecular weight is 164 g/mol. The van der Waals surface area contributed by atoms with Crippen molar-refractivity contribution in [3.8, 4) is 0 Å². The van der Waals surface area contributed by atoms with Crippen LogP contribution < -0.4 is 0 Å². The monoisotopic (exact) mass is 164 g/mol. The van der Waals surface area contributed by atoms with Crippen LogP contribution in [-0.4, -0.2) is 15.7 Å². The second-order valence-electron chi connectivity index (χ2n) is 1.84. The third-order valence-electron chi connectivity index (χ3n) is 1.24. The van der Waals surface area contributed by atoms with Gasteiger partial charge in [0.15, 0.2) is 0 Å². The molecule has 1 fully saturated rings. The third kappa shape index (κ3) is 1.39. The molecular weight excluding hydrogens is 156 g/mol. The predicted molar refractivity (Wildman–Crippen MR) is 47.0 cm³/mol. The highest BCUT2D eigenvalue weighted by Gasteiger charge is 2.23. The normalized spacial score (nSPS) is 27.6. The van der Waals surface area contributed by atoms with E-state index in [1.54, 1.807) is 11.8 Å². The molecule has 0 aromatic carbocycles.